The van der Waals surface area contributed by atoms with E-state index in [4.69, 9.17) is 0 Å². The van der Waals surface area contributed by atoms with Crippen molar-refractivity contribution < 1.29 is 5.11 Å². The number of benzene rings is 1. The highest BCUT2D eigenvalue weighted by molar-refractivity contribution is 6.04. The molecule has 1 unspecified atom stereocenters. The predicted octanol–water partition coefficient (Wildman–Crippen LogP) is 2.49. The Morgan fingerprint density at radius 1 is 1.39 bits per heavy atom. The number of unbranched alkanes of at least 4 members (excludes halogenated alkanes) is 1. The molecule has 0 fully saturated rings. The van der Waals surface area contributed by atoms with Crippen LogP contribution in [0.15, 0.2) is 29.3 Å². The van der Waals surface area contributed by atoms with Gasteiger partial charge in [0, 0.05) is 24.2 Å². The molecule has 0 radical (unpaired) electrons. The molecule has 1 atom stereocenters. The highest BCUT2D eigenvalue weighted by Gasteiger charge is 2.46. The molecule has 1 N–H and O–H groups in total. The van der Waals surface area contributed by atoms with Gasteiger partial charge < -0.3 is 10.0 Å². The fourth-order valence-electron chi connectivity index (χ4n) is 3.06. The van der Waals surface area contributed by atoms with Crippen molar-refractivity contribution in [3.63, 3.8) is 0 Å². The first-order valence-corrected chi connectivity index (χ1v) is 6.91. The van der Waals surface area contributed by atoms with Crippen molar-refractivity contribution in [2.24, 2.45) is 4.99 Å². The predicted molar refractivity (Wildman–Crippen MR) is 72.6 cm³/mol. The Bertz CT molecular complexity index is 483. The largest absolute Gasteiger partial charge is 0.367 e. The molecular formula is C15H20N2O. The van der Waals surface area contributed by atoms with Crippen LogP contribution in [0, 0.1) is 0 Å². The average Bonchev–Trinajstić information content (AvgIpc) is 2.69. The van der Waals surface area contributed by atoms with E-state index in [1.807, 2.05) is 18.2 Å². The van der Waals surface area contributed by atoms with Crippen LogP contribution in [0.2, 0.25) is 0 Å². The fourth-order valence-corrected chi connectivity index (χ4v) is 3.06. The standard InChI is InChI=1S/C15H20N2O/c1-2-3-9-15(18)13-8-5-4-7-12(13)14-16-10-6-11-17(14)15/h4-5,7-8,18H,2-3,6,9-11H2,1H3. The van der Waals surface area contributed by atoms with E-state index in [9.17, 15) is 5.11 Å². The van der Waals surface area contributed by atoms with Gasteiger partial charge in [0.2, 0.25) is 0 Å². The minimum Gasteiger partial charge on any atom is -0.367 e. The smallest absolute Gasteiger partial charge is 0.166 e. The quantitative estimate of drug-likeness (QED) is 0.886. The van der Waals surface area contributed by atoms with Gasteiger partial charge in [-0.3, -0.25) is 4.99 Å². The minimum absolute atomic E-state index is 0.791. The van der Waals surface area contributed by atoms with Crippen LogP contribution in [0.3, 0.4) is 0 Å². The van der Waals surface area contributed by atoms with Gasteiger partial charge in [-0.05, 0) is 19.3 Å². The molecule has 2 aliphatic heterocycles. The molecule has 96 valence electrons. The minimum atomic E-state index is -0.828. The Morgan fingerprint density at radius 3 is 3.06 bits per heavy atom. The normalized spacial score (nSPS) is 25.7. The molecule has 0 aliphatic carbocycles. The lowest BCUT2D eigenvalue weighted by atomic mass is 9.96. The number of rotatable bonds is 3. The first-order chi connectivity index (χ1) is 8.77. The van der Waals surface area contributed by atoms with E-state index < -0.39 is 5.72 Å². The fraction of sp³-hybridized carbons (Fsp3) is 0.533. The third-order valence-electron chi connectivity index (χ3n) is 3.98. The van der Waals surface area contributed by atoms with Gasteiger partial charge >= 0.3 is 0 Å². The van der Waals surface area contributed by atoms with Crippen LogP contribution >= 0.6 is 0 Å². The molecular weight excluding hydrogens is 224 g/mol. The summed E-state index contributed by atoms with van der Waals surface area (Å²) in [6.45, 7) is 3.95. The van der Waals surface area contributed by atoms with Gasteiger partial charge in [-0.15, -0.1) is 0 Å². The van der Waals surface area contributed by atoms with Crippen LogP contribution in [-0.4, -0.2) is 28.9 Å². The van der Waals surface area contributed by atoms with E-state index in [0.29, 0.717) is 0 Å². The molecule has 3 rings (SSSR count). The Kier molecular flexibility index (Phi) is 2.86. The molecule has 0 aromatic heterocycles. The van der Waals surface area contributed by atoms with E-state index in [1.165, 1.54) is 0 Å². The summed E-state index contributed by atoms with van der Waals surface area (Å²) in [6, 6.07) is 8.16. The number of aliphatic imine (C=N–C) groups is 1. The molecule has 1 aromatic carbocycles. The number of amidine groups is 1. The van der Waals surface area contributed by atoms with Crippen LogP contribution in [0.25, 0.3) is 0 Å². The SMILES string of the molecule is CCCCC1(O)c2ccccc2C2=NCCCN21. The zero-order chi connectivity index (χ0) is 12.6. The number of fused-ring (bicyclic) bond motifs is 3. The summed E-state index contributed by atoms with van der Waals surface area (Å²) < 4.78 is 0. The first-order valence-electron chi connectivity index (χ1n) is 6.91. The summed E-state index contributed by atoms with van der Waals surface area (Å²) >= 11 is 0. The van der Waals surface area contributed by atoms with Gasteiger partial charge in [-0.25, -0.2) is 0 Å². The summed E-state index contributed by atoms with van der Waals surface area (Å²) in [5.41, 5.74) is 1.33. The van der Waals surface area contributed by atoms with Gasteiger partial charge in [0.25, 0.3) is 0 Å². The average molecular weight is 244 g/mol. The van der Waals surface area contributed by atoms with E-state index in [1.54, 1.807) is 0 Å². The van der Waals surface area contributed by atoms with Crippen molar-refractivity contribution in [2.45, 2.75) is 38.3 Å². The lowest BCUT2D eigenvalue weighted by molar-refractivity contribution is -0.0792. The zero-order valence-corrected chi connectivity index (χ0v) is 10.9. The van der Waals surface area contributed by atoms with Crippen LogP contribution in [0.5, 0.6) is 0 Å². The van der Waals surface area contributed by atoms with Crippen molar-refractivity contribution in [1.82, 2.24) is 4.90 Å². The Hall–Kier alpha value is -1.35. The third kappa shape index (κ3) is 1.57. The second-order valence-electron chi connectivity index (χ2n) is 5.18. The monoisotopic (exact) mass is 244 g/mol. The molecule has 1 aromatic rings. The number of nitrogens with zero attached hydrogens (tertiary/aromatic N) is 2. The Morgan fingerprint density at radius 2 is 2.22 bits per heavy atom. The molecule has 3 nitrogen and oxygen atoms in total. The topological polar surface area (TPSA) is 35.8 Å². The maximum atomic E-state index is 11.1. The molecule has 0 amide bonds. The molecule has 0 bridgehead atoms. The lowest BCUT2D eigenvalue weighted by Gasteiger charge is -2.37. The number of hydrogen-bond donors (Lipinski definition) is 1. The van der Waals surface area contributed by atoms with E-state index in [0.717, 1.165) is 55.7 Å². The van der Waals surface area contributed by atoms with Crippen molar-refractivity contribution in [3.05, 3.63) is 35.4 Å². The third-order valence-corrected chi connectivity index (χ3v) is 3.98. The van der Waals surface area contributed by atoms with Gasteiger partial charge in [0.1, 0.15) is 5.84 Å². The molecule has 18 heavy (non-hydrogen) atoms. The second-order valence-corrected chi connectivity index (χ2v) is 5.18. The lowest BCUT2D eigenvalue weighted by Crippen LogP contribution is -2.46. The van der Waals surface area contributed by atoms with Gasteiger partial charge in [-0.2, -0.15) is 0 Å². The highest BCUT2D eigenvalue weighted by atomic mass is 16.3. The Balaban J connectivity index is 2.08. The Labute approximate surface area is 108 Å². The van der Waals surface area contributed by atoms with Crippen LogP contribution in [0.4, 0.5) is 0 Å². The maximum Gasteiger partial charge on any atom is 0.166 e. The summed E-state index contributed by atoms with van der Waals surface area (Å²) in [5.74, 6) is 0.996. The molecule has 0 saturated carbocycles. The van der Waals surface area contributed by atoms with Crippen molar-refractivity contribution in [1.29, 1.82) is 0 Å². The van der Waals surface area contributed by atoms with Crippen molar-refractivity contribution in [3.8, 4) is 0 Å². The van der Waals surface area contributed by atoms with Crippen molar-refractivity contribution in [2.75, 3.05) is 13.1 Å². The first kappa shape index (κ1) is 11.7. The van der Waals surface area contributed by atoms with E-state index >= 15 is 0 Å². The summed E-state index contributed by atoms with van der Waals surface area (Å²) in [7, 11) is 0. The summed E-state index contributed by atoms with van der Waals surface area (Å²) in [5, 5.41) is 11.1. The van der Waals surface area contributed by atoms with Crippen molar-refractivity contribution >= 4 is 5.84 Å². The van der Waals surface area contributed by atoms with Gasteiger partial charge in [0.05, 0.1) is 0 Å². The van der Waals surface area contributed by atoms with Gasteiger partial charge in [0.15, 0.2) is 5.72 Å². The maximum absolute atomic E-state index is 11.1. The summed E-state index contributed by atoms with van der Waals surface area (Å²) in [6.07, 6.45) is 3.96. The zero-order valence-electron chi connectivity index (χ0n) is 10.9. The second kappa shape index (κ2) is 4.39. The summed E-state index contributed by atoms with van der Waals surface area (Å²) in [4.78, 5) is 6.73. The highest BCUT2D eigenvalue weighted by Crippen LogP contribution is 2.41. The number of hydrogen-bond acceptors (Lipinski definition) is 3. The van der Waals surface area contributed by atoms with E-state index in [2.05, 4.69) is 22.9 Å². The van der Waals surface area contributed by atoms with Crippen LogP contribution in [-0.2, 0) is 5.72 Å². The molecule has 0 saturated heterocycles. The molecule has 2 heterocycles. The molecule has 0 spiro atoms. The van der Waals surface area contributed by atoms with Crippen LogP contribution < -0.4 is 0 Å². The van der Waals surface area contributed by atoms with Crippen LogP contribution in [0.1, 0.15) is 43.7 Å². The molecule has 3 heteroatoms. The van der Waals surface area contributed by atoms with Gasteiger partial charge in [-0.1, -0.05) is 37.6 Å². The molecule has 2 aliphatic rings. The van der Waals surface area contributed by atoms with E-state index in [-0.39, 0.29) is 0 Å². The number of aliphatic hydroxyl groups is 1.